The summed E-state index contributed by atoms with van der Waals surface area (Å²) in [5.41, 5.74) is 0.794. The molecule has 86 valence electrons. The molecule has 3 heteroatoms. The SMILES string of the molecule is CC1(O)C=Cc2cccc(C(=O)C=O)c2C=C1. The van der Waals surface area contributed by atoms with Gasteiger partial charge in [-0.15, -0.1) is 0 Å². The molecule has 0 aromatic heterocycles. The molecule has 2 rings (SSSR count). The lowest BCUT2D eigenvalue weighted by Crippen LogP contribution is -2.15. The van der Waals surface area contributed by atoms with Gasteiger partial charge in [-0.05, 0) is 30.2 Å². The second-order valence-corrected chi connectivity index (χ2v) is 4.18. The van der Waals surface area contributed by atoms with Gasteiger partial charge in [-0.2, -0.15) is 0 Å². The van der Waals surface area contributed by atoms with Crippen LogP contribution in [0.3, 0.4) is 0 Å². The van der Waals surface area contributed by atoms with E-state index in [0.717, 1.165) is 5.56 Å². The van der Waals surface area contributed by atoms with E-state index in [1.54, 1.807) is 43.4 Å². The van der Waals surface area contributed by atoms with E-state index in [2.05, 4.69) is 0 Å². The fourth-order valence-corrected chi connectivity index (χ4v) is 1.76. The number of hydrogen-bond donors (Lipinski definition) is 1. The van der Waals surface area contributed by atoms with Gasteiger partial charge in [0.25, 0.3) is 0 Å². The summed E-state index contributed by atoms with van der Waals surface area (Å²) in [7, 11) is 0. The van der Waals surface area contributed by atoms with Crippen LogP contribution in [0.15, 0.2) is 30.4 Å². The number of aldehydes is 1. The number of benzene rings is 1. The molecule has 3 nitrogen and oxygen atoms in total. The molecule has 0 radical (unpaired) electrons. The lowest BCUT2D eigenvalue weighted by atomic mass is 9.98. The van der Waals surface area contributed by atoms with Crippen molar-refractivity contribution < 1.29 is 14.7 Å². The second kappa shape index (κ2) is 4.11. The largest absolute Gasteiger partial charge is 0.382 e. The minimum atomic E-state index is -1.04. The summed E-state index contributed by atoms with van der Waals surface area (Å²) in [5, 5.41) is 9.89. The van der Waals surface area contributed by atoms with Crippen LogP contribution in [0.4, 0.5) is 0 Å². The lowest BCUT2D eigenvalue weighted by Gasteiger charge is -2.10. The Balaban J connectivity index is 2.62. The van der Waals surface area contributed by atoms with Gasteiger partial charge in [0, 0.05) is 5.56 Å². The maximum atomic E-state index is 11.5. The number of carbonyl (C=O) groups is 2. The van der Waals surface area contributed by atoms with Crippen molar-refractivity contribution in [1.82, 2.24) is 0 Å². The monoisotopic (exact) mass is 228 g/mol. The van der Waals surface area contributed by atoms with E-state index >= 15 is 0 Å². The maximum absolute atomic E-state index is 11.5. The fraction of sp³-hybridized carbons (Fsp3) is 0.143. The number of ketones is 1. The minimum absolute atomic E-state index is 0.302. The Bertz CT molecular complexity index is 536. The van der Waals surface area contributed by atoms with Crippen LogP contribution in [0.5, 0.6) is 0 Å². The van der Waals surface area contributed by atoms with E-state index in [1.165, 1.54) is 0 Å². The number of fused-ring (bicyclic) bond motifs is 1. The van der Waals surface area contributed by atoms with Crippen LogP contribution in [0.25, 0.3) is 12.2 Å². The number of hydrogen-bond acceptors (Lipinski definition) is 3. The van der Waals surface area contributed by atoms with E-state index in [-0.39, 0.29) is 0 Å². The van der Waals surface area contributed by atoms with Crippen LogP contribution >= 0.6 is 0 Å². The number of carbonyl (C=O) groups excluding carboxylic acids is 2. The second-order valence-electron chi connectivity index (χ2n) is 4.18. The molecule has 1 aliphatic carbocycles. The molecule has 0 saturated heterocycles. The molecule has 0 amide bonds. The average Bonchev–Trinajstić information content (AvgIpc) is 2.47. The zero-order chi connectivity index (χ0) is 12.5. The van der Waals surface area contributed by atoms with Gasteiger partial charge in [-0.3, -0.25) is 9.59 Å². The predicted octanol–water partition coefficient (Wildman–Crippen LogP) is 1.86. The van der Waals surface area contributed by atoms with Gasteiger partial charge in [0.2, 0.25) is 5.78 Å². The number of aliphatic hydroxyl groups is 1. The standard InChI is InChI=1S/C14H12O3/c1-14(17)7-5-10-3-2-4-12(13(16)9-15)11(10)6-8-14/h2-9,17H,1H3. The topological polar surface area (TPSA) is 54.4 Å². The molecule has 0 fully saturated rings. The van der Waals surface area contributed by atoms with Crippen LogP contribution in [0.1, 0.15) is 28.4 Å². The van der Waals surface area contributed by atoms with Gasteiger partial charge >= 0.3 is 0 Å². The highest BCUT2D eigenvalue weighted by Gasteiger charge is 2.17. The molecule has 0 aliphatic heterocycles. The van der Waals surface area contributed by atoms with E-state index in [0.29, 0.717) is 17.4 Å². The molecule has 0 spiro atoms. The quantitative estimate of drug-likeness (QED) is 0.477. The molecule has 0 heterocycles. The first-order chi connectivity index (χ1) is 8.03. The maximum Gasteiger partial charge on any atom is 0.225 e. The van der Waals surface area contributed by atoms with Crippen molar-refractivity contribution in [1.29, 1.82) is 0 Å². The molecule has 1 N–H and O–H groups in total. The van der Waals surface area contributed by atoms with Crippen molar-refractivity contribution in [2.75, 3.05) is 0 Å². The summed E-state index contributed by atoms with van der Waals surface area (Å²) in [4.78, 5) is 22.0. The predicted molar refractivity (Wildman–Crippen MR) is 65.5 cm³/mol. The molecule has 1 unspecified atom stereocenters. The van der Waals surface area contributed by atoms with Crippen LogP contribution < -0.4 is 0 Å². The van der Waals surface area contributed by atoms with Gasteiger partial charge in [0.15, 0.2) is 6.29 Å². The average molecular weight is 228 g/mol. The van der Waals surface area contributed by atoms with E-state index in [1.807, 2.05) is 6.07 Å². The molecule has 1 aromatic rings. The van der Waals surface area contributed by atoms with E-state index in [9.17, 15) is 14.7 Å². The Morgan fingerprint density at radius 1 is 1.29 bits per heavy atom. The summed E-state index contributed by atoms with van der Waals surface area (Å²) < 4.78 is 0. The van der Waals surface area contributed by atoms with Crippen LogP contribution in [-0.4, -0.2) is 22.8 Å². The Morgan fingerprint density at radius 2 is 2.00 bits per heavy atom. The molecular weight excluding hydrogens is 216 g/mol. The third kappa shape index (κ3) is 2.24. The normalized spacial score (nSPS) is 21.8. The molecule has 1 atom stereocenters. The molecule has 1 aliphatic rings. The zero-order valence-corrected chi connectivity index (χ0v) is 9.38. The molecular formula is C14H12O3. The molecule has 0 saturated carbocycles. The summed E-state index contributed by atoms with van der Waals surface area (Å²) in [6.45, 7) is 1.65. The highest BCUT2D eigenvalue weighted by Crippen LogP contribution is 2.24. The van der Waals surface area contributed by atoms with Gasteiger partial charge in [-0.25, -0.2) is 0 Å². The first kappa shape index (κ1) is 11.5. The van der Waals surface area contributed by atoms with Crippen molar-refractivity contribution in [3.8, 4) is 0 Å². The molecule has 17 heavy (non-hydrogen) atoms. The number of rotatable bonds is 2. The summed E-state index contributed by atoms with van der Waals surface area (Å²) >= 11 is 0. The summed E-state index contributed by atoms with van der Waals surface area (Å²) in [5.74, 6) is -0.554. The Hall–Kier alpha value is -2.00. The van der Waals surface area contributed by atoms with Crippen LogP contribution in [0, 0.1) is 0 Å². The summed E-state index contributed by atoms with van der Waals surface area (Å²) in [6, 6.07) is 5.15. The van der Waals surface area contributed by atoms with Crippen molar-refractivity contribution in [3.63, 3.8) is 0 Å². The summed E-state index contributed by atoms with van der Waals surface area (Å²) in [6.07, 6.45) is 6.96. The van der Waals surface area contributed by atoms with Gasteiger partial charge in [-0.1, -0.05) is 30.4 Å². The van der Waals surface area contributed by atoms with Crippen molar-refractivity contribution in [2.45, 2.75) is 12.5 Å². The highest BCUT2D eigenvalue weighted by molar-refractivity contribution is 6.34. The van der Waals surface area contributed by atoms with E-state index in [4.69, 9.17) is 0 Å². The molecule has 1 aromatic carbocycles. The van der Waals surface area contributed by atoms with Crippen molar-refractivity contribution in [3.05, 3.63) is 47.0 Å². The lowest BCUT2D eigenvalue weighted by molar-refractivity contribution is -0.104. The fourth-order valence-electron chi connectivity index (χ4n) is 1.76. The third-order valence-electron chi connectivity index (χ3n) is 2.70. The Kier molecular flexibility index (Phi) is 2.77. The van der Waals surface area contributed by atoms with E-state index < -0.39 is 11.4 Å². The molecule has 0 bridgehead atoms. The van der Waals surface area contributed by atoms with Gasteiger partial charge < -0.3 is 5.11 Å². The zero-order valence-electron chi connectivity index (χ0n) is 9.38. The van der Waals surface area contributed by atoms with Gasteiger partial charge in [0.1, 0.15) is 0 Å². The first-order valence-corrected chi connectivity index (χ1v) is 5.27. The van der Waals surface area contributed by atoms with Crippen molar-refractivity contribution >= 4 is 24.2 Å². The Labute approximate surface area is 99.1 Å². The van der Waals surface area contributed by atoms with Crippen LogP contribution in [0.2, 0.25) is 0 Å². The highest BCUT2D eigenvalue weighted by atomic mass is 16.3. The van der Waals surface area contributed by atoms with Crippen LogP contribution in [-0.2, 0) is 4.79 Å². The van der Waals surface area contributed by atoms with Crippen molar-refractivity contribution in [2.24, 2.45) is 0 Å². The third-order valence-corrected chi connectivity index (χ3v) is 2.70. The van der Waals surface area contributed by atoms with Gasteiger partial charge in [0.05, 0.1) is 5.60 Å². The smallest absolute Gasteiger partial charge is 0.225 e. The first-order valence-electron chi connectivity index (χ1n) is 5.27. The Morgan fingerprint density at radius 3 is 2.71 bits per heavy atom. The minimum Gasteiger partial charge on any atom is -0.382 e. The number of Topliss-reactive ketones (excluding diaryl/α,β-unsaturated/α-hetero) is 1.